The minimum absolute atomic E-state index is 0.881. The molecule has 6 heterocycles. The standard InChI is InChI=1S/C44H27N7S/c1-2-8-41-36(7-1)42-43(49-27-50-44(42)52-41)30-13-19-35(20-14-30)51(33-15-9-28(10-16-33)37-23-31-5-3-21-45-39(31)25-47-37)34-17-11-29(12-18-34)38-24-32-6-4-22-46-40(32)26-48-38/h1-27H. The van der Waals surface area contributed by atoms with Crippen molar-refractivity contribution in [1.29, 1.82) is 0 Å². The molecule has 0 saturated carbocycles. The Balaban J connectivity index is 1.04. The molecular weight excluding hydrogens is 659 g/mol. The lowest BCUT2D eigenvalue weighted by Gasteiger charge is -2.26. The first-order chi connectivity index (χ1) is 25.7. The lowest BCUT2D eigenvalue weighted by atomic mass is 10.0. The molecule has 0 radical (unpaired) electrons. The molecule has 244 valence electrons. The van der Waals surface area contributed by atoms with Crippen molar-refractivity contribution in [3.05, 3.63) is 165 Å². The molecular formula is C44H27N7S. The highest BCUT2D eigenvalue weighted by Gasteiger charge is 2.17. The number of pyridine rings is 4. The number of rotatable bonds is 6. The second-order valence-corrected chi connectivity index (χ2v) is 13.5. The summed E-state index contributed by atoms with van der Waals surface area (Å²) >= 11 is 1.70. The Labute approximate surface area is 302 Å². The predicted molar refractivity (Wildman–Crippen MR) is 212 cm³/mol. The molecule has 52 heavy (non-hydrogen) atoms. The molecule has 0 amide bonds. The lowest BCUT2D eigenvalue weighted by Crippen LogP contribution is -2.10. The average Bonchev–Trinajstić information content (AvgIpc) is 3.61. The van der Waals surface area contributed by atoms with Gasteiger partial charge in [-0.2, -0.15) is 0 Å². The van der Waals surface area contributed by atoms with Crippen molar-refractivity contribution in [1.82, 2.24) is 29.9 Å². The highest BCUT2D eigenvalue weighted by molar-refractivity contribution is 7.25. The summed E-state index contributed by atoms with van der Waals surface area (Å²) < 4.78 is 1.21. The number of benzene rings is 4. The highest BCUT2D eigenvalue weighted by atomic mass is 32.1. The number of nitrogens with zero attached hydrogens (tertiary/aromatic N) is 7. The van der Waals surface area contributed by atoms with Gasteiger partial charge in [0.1, 0.15) is 11.2 Å². The zero-order chi connectivity index (χ0) is 34.4. The van der Waals surface area contributed by atoms with Crippen molar-refractivity contribution in [3.63, 3.8) is 0 Å². The summed E-state index contributed by atoms with van der Waals surface area (Å²) in [7, 11) is 0. The molecule has 6 aromatic heterocycles. The number of hydrogen-bond acceptors (Lipinski definition) is 8. The molecule has 0 spiro atoms. The lowest BCUT2D eigenvalue weighted by molar-refractivity contribution is 1.23. The molecule has 10 rings (SSSR count). The minimum Gasteiger partial charge on any atom is -0.311 e. The third-order valence-corrected chi connectivity index (χ3v) is 10.5. The van der Waals surface area contributed by atoms with Gasteiger partial charge < -0.3 is 4.90 Å². The SMILES string of the molecule is c1cnc2cnc(-c3ccc(N(c4ccc(-c5cc6cccnc6cn5)cc4)c4ccc(-c5ncnc6sc7ccccc7c56)cc4)cc3)cc2c1. The Kier molecular flexibility index (Phi) is 7.18. The number of anilines is 3. The van der Waals surface area contributed by atoms with Crippen LogP contribution >= 0.6 is 11.3 Å². The number of hydrogen-bond donors (Lipinski definition) is 0. The summed E-state index contributed by atoms with van der Waals surface area (Å²) in [4.78, 5) is 30.9. The molecule has 0 saturated heterocycles. The second-order valence-electron chi connectivity index (χ2n) is 12.5. The van der Waals surface area contributed by atoms with Gasteiger partial charge in [0, 0.05) is 72.4 Å². The monoisotopic (exact) mass is 685 g/mol. The van der Waals surface area contributed by atoms with Crippen molar-refractivity contribution in [2.45, 2.75) is 0 Å². The van der Waals surface area contributed by atoms with E-state index in [4.69, 9.17) is 15.0 Å². The van der Waals surface area contributed by atoms with Crippen LogP contribution in [-0.2, 0) is 0 Å². The van der Waals surface area contributed by atoms with E-state index in [1.165, 1.54) is 10.1 Å². The van der Waals surface area contributed by atoms with Crippen LogP contribution in [0.15, 0.2) is 165 Å². The van der Waals surface area contributed by atoms with E-state index in [1.807, 2.05) is 24.5 Å². The van der Waals surface area contributed by atoms with E-state index in [9.17, 15) is 0 Å². The van der Waals surface area contributed by atoms with Gasteiger partial charge in [-0.15, -0.1) is 11.3 Å². The van der Waals surface area contributed by atoms with Crippen molar-refractivity contribution in [2.75, 3.05) is 4.90 Å². The Bertz CT molecular complexity index is 2780. The van der Waals surface area contributed by atoms with Crippen molar-refractivity contribution in [2.24, 2.45) is 0 Å². The fourth-order valence-electron chi connectivity index (χ4n) is 6.82. The molecule has 4 aromatic carbocycles. The summed E-state index contributed by atoms with van der Waals surface area (Å²) in [5, 5.41) is 4.40. The first-order valence-corrected chi connectivity index (χ1v) is 17.7. The molecule has 0 aliphatic heterocycles. The maximum absolute atomic E-state index is 4.77. The molecule has 0 unspecified atom stereocenters. The zero-order valence-corrected chi connectivity index (χ0v) is 28.4. The molecule has 7 nitrogen and oxygen atoms in total. The van der Waals surface area contributed by atoms with Gasteiger partial charge in [-0.3, -0.25) is 19.9 Å². The third-order valence-electron chi connectivity index (χ3n) is 9.40. The van der Waals surface area contributed by atoms with Gasteiger partial charge in [-0.1, -0.05) is 66.7 Å². The normalized spacial score (nSPS) is 11.5. The summed E-state index contributed by atoms with van der Waals surface area (Å²) in [6.07, 6.45) is 8.91. The largest absolute Gasteiger partial charge is 0.311 e. The van der Waals surface area contributed by atoms with Crippen LogP contribution in [0.25, 0.3) is 75.9 Å². The topological polar surface area (TPSA) is 80.6 Å². The van der Waals surface area contributed by atoms with Crippen molar-refractivity contribution in [3.8, 4) is 33.8 Å². The van der Waals surface area contributed by atoms with E-state index in [0.717, 1.165) is 82.9 Å². The number of fused-ring (bicyclic) bond motifs is 5. The minimum atomic E-state index is 0.881. The van der Waals surface area contributed by atoms with Crippen LogP contribution in [0.4, 0.5) is 17.1 Å². The summed E-state index contributed by atoms with van der Waals surface area (Å²) in [6.45, 7) is 0. The van der Waals surface area contributed by atoms with Crippen molar-refractivity contribution < 1.29 is 0 Å². The summed E-state index contributed by atoms with van der Waals surface area (Å²) in [6, 6.07) is 46.4. The van der Waals surface area contributed by atoms with Gasteiger partial charge in [0.25, 0.3) is 0 Å². The van der Waals surface area contributed by atoms with Gasteiger partial charge >= 0.3 is 0 Å². The second kappa shape index (κ2) is 12.5. The first kappa shape index (κ1) is 30.0. The Morgan fingerprint density at radius 1 is 0.462 bits per heavy atom. The van der Waals surface area contributed by atoms with Crippen LogP contribution in [0.5, 0.6) is 0 Å². The first-order valence-electron chi connectivity index (χ1n) is 16.9. The highest BCUT2D eigenvalue weighted by Crippen LogP contribution is 2.40. The maximum atomic E-state index is 4.77. The smallest absolute Gasteiger partial charge is 0.128 e. The molecule has 0 aliphatic carbocycles. The van der Waals surface area contributed by atoms with Gasteiger partial charge in [0.2, 0.25) is 0 Å². The Morgan fingerprint density at radius 2 is 1.00 bits per heavy atom. The molecule has 0 atom stereocenters. The van der Waals surface area contributed by atoms with E-state index < -0.39 is 0 Å². The van der Waals surface area contributed by atoms with E-state index in [-0.39, 0.29) is 0 Å². The summed E-state index contributed by atoms with van der Waals surface area (Å²) in [5.74, 6) is 0. The van der Waals surface area contributed by atoms with Gasteiger partial charge in [0.15, 0.2) is 0 Å². The van der Waals surface area contributed by atoms with Crippen molar-refractivity contribution >= 4 is 70.5 Å². The number of thiophene rings is 1. The predicted octanol–water partition coefficient (Wildman–Crippen LogP) is 11.2. The molecule has 0 fully saturated rings. The van der Waals surface area contributed by atoms with Gasteiger partial charge in [-0.25, -0.2) is 9.97 Å². The summed E-state index contributed by atoms with van der Waals surface area (Å²) in [5.41, 5.74) is 10.7. The fourth-order valence-corrected chi connectivity index (χ4v) is 7.86. The van der Waals surface area contributed by atoms with E-state index in [2.05, 4.69) is 141 Å². The Morgan fingerprint density at radius 3 is 1.58 bits per heavy atom. The van der Waals surface area contributed by atoms with Crippen LogP contribution in [0, 0.1) is 0 Å². The molecule has 0 bridgehead atoms. The quantitative estimate of drug-likeness (QED) is 0.172. The molecule has 8 heteroatoms. The maximum Gasteiger partial charge on any atom is 0.128 e. The third kappa shape index (κ3) is 5.30. The van der Waals surface area contributed by atoms with Crippen LogP contribution in [0.1, 0.15) is 0 Å². The molecule has 0 aliphatic rings. The number of aromatic nitrogens is 6. The van der Waals surface area contributed by atoms with Crippen LogP contribution in [0.2, 0.25) is 0 Å². The van der Waals surface area contributed by atoms with Gasteiger partial charge in [-0.05, 0) is 66.7 Å². The van der Waals surface area contributed by atoms with E-state index in [0.29, 0.717) is 0 Å². The van der Waals surface area contributed by atoms with Crippen LogP contribution in [-0.4, -0.2) is 29.9 Å². The van der Waals surface area contributed by atoms with Gasteiger partial charge in [0.05, 0.1) is 40.5 Å². The zero-order valence-electron chi connectivity index (χ0n) is 27.6. The van der Waals surface area contributed by atoms with Crippen LogP contribution < -0.4 is 4.90 Å². The average molecular weight is 686 g/mol. The van der Waals surface area contributed by atoms with E-state index in [1.54, 1.807) is 30.1 Å². The molecule has 10 aromatic rings. The molecule has 0 N–H and O–H groups in total. The fraction of sp³-hybridized carbons (Fsp3) is 0. The van der Waals surface area contributed by atoms with E-state index >= 15 is 0 Å². The van der Waals surface area contributed by atoms with Crippen LogP contribution in [0.3, 0.4) is 0 Å². The Hall–Kier alpha value is -6.90.